The van der Waals surface area contributed by atoms with Crippen LogP contribution in [0.4, 0.5) is 0 Å². The first-order valence-electron chi connectivity index (χ1n) is 9.40. The number of hydrogen-bond acceptors (Lipinski definition) is 4. The molecule has 0 saturated heterocycles. The van der Waals surface area contributed by atoms with E-state index in [0.29, 0.717) is 12.8 Å². The fourth-order valence-corrected chi connectivity index (χ4v) is 5.55. The zero-order chi connectivity index (χ0) is 18.6. The highest BCUT2D eigenvalue weighted by Crippen LogP contribution is 2.56. The molecule has 4 heteroatoms. The molecule has 25 heavy (non-hydrogen) atoms. The van der Waals surface area contributed by atoms with Crippen molar-refractivity contribution in [3.63, 3.8) is 0 Å². The molecule has 138 valence electrons. The average molecular weight is 346 g/mol. The van der Waals surface area contributed by atoms with Gasteiger partial charge >= 0.3 is 5.97 Å². The minimum atomic E-state index is -0.871. The number of ketones is 1. The van der Waals surface area contributed by atoms with Gasteiger partial charge in [-0.2, -0.15) is 0 Å². The van der Waals surface area contributed by atoms with Crippen molar-refractivity contribution in [2.45, 2.75) is 65.6 Å². The molecule has 3 aliphatic rings. The summed E-state index contributed by atoms with van der Waals surface area (Å²) in [4.78, 5) is 25.1. The first-order chi connectivity index (χ1) is 11.6. The first-order valence-corrected chi connectivity index (χ1v) is 9.40. The van der Waals surface area contributed by atoms with Gasteiger partial charge in [0, 0.05) is 31.1 Å². The highest BCUT2D eigenvalue weighted by Gasteiger charge is 2.60. The molecule has 0 bridgehead atoms. The summed E-state index contributed by atoms with van der Waals surface area (Å²) in [5.41, 5.74) is -0.476. The maximum atomic E-state index is 13.3. The van der Waals surface area contributed by atoms with Crippen molar-refractivity contribution in [2.24, 2.45) is 29.1 Å². The van der Waals surface area contributed by atoms with Gasteiger partial charge in [0.05, 0.1) is 11.0 Å². The number of carbonyl (C=O) groups is 2. The summed E-state index contributed by atoms with van der Waals surface area (Å²) in [6, 6.07) is 0. The average Bonchev–Trinajstić information content (AvgIpc) is 2.79. The first kappa shape index (κ1) is 18.4. The molecular weight excluding hydrogens is 316 g/mol. The Hall–Kier alpha value is -1.42. The van der Waals surface area contributed by atoms with Crippen LogP contribution in [0.15, 0.2) is 23.8 Å². The van der Waals surface area contributed by atoms with E-state index in [1.807, 2.05) is 45.9 Å². The molecule has 2 fully saturated rings. The summed E-state index contributed by atoms with van der Waals surface area (Å²) in [6.07, 6.45) is 7.33. The predicted molar refractivity (Wildman–Crippen MR) is 95.7 cm³/mol. The van der Waals surface area contributed by atoms with E-state index in [2.05, 4.69) is 0 Å². The van der Waals surface area contributed by atoms with E-state index >= 15 is 0 Å². The van der Waals surface area contributed by atoms with E-state index in [0.717, 1.165) is 12.0 Å². The Morgan fingerprint density at radius 1 is 1.40 bits per heavy atom. The smallest absolute Gasteiger partial charge is 0.302 e. The Balaban J connectivity index is 2.12. The van der Waals surface area contributed by atoms with Gasteiger partial charge in [0.1, 0.15) is 11.9 Å². The number of carbonyl (C=O) groups excluding carboxylic acids is 2. The highest BCUT2D eigenvalue weighted by molar-refractivity contribution is 5.88. The predicted octanol–water partition coefficient (Wildman–Crippen LogP) is 3.44. The van der Waals surface area contributed by atoms with Crippen LogP contribution in [0.1, 0.15) is 53.9 Å². The molecule has 1 unspecified atom stereocenters. The normalized spacial score (nSPS) is 43.3. The molecule has 3 rings (SSSR count). The highest BCUT2D eigenvalue weighted by atomic mass is 16.5. The van der Waals surface area contributed by atoms with E-state index in [-0.39, 0.29) is 41.5 Å². The van der Waals surface area contributed by atoms with Crippen LogP contribution in [-0.4, -0.2) is 28.6 Å². The maximum absolute atomic E-state index is 13.3. The molecule has 0 radical (unpaired) electrons. The van der Waals surface area contributed by atoms with Gasteiger partial charge in [-0.25, -0.2) is 0 Å². The van der Waals surface area contributed by atoms with Crippen molar-refractivity contribution >= 4 is 11.8 Å². The molecular formula is C21H30O4. The molecule has 4 nitrogen and oxygen atoms in total. The Morgan fingerprint density at radius 2 is 2.08 bits per heavy atom. The molecule has 0 amide bonds. The van der Waals surface area contributed by atoms with Crippen molar-refractivity contribution < 1.29 is 19.4 Å². The summed E-state index contributed by atoms with van der Waals surface area (Å²) in [6.45, 7) is 9.43. The molecule has 0 aromatic rings. The molecule has 2 saturated carbocycles. The lowest BCUT2D eigenvalue weighted by molar-refractivity contribution is -0.156. The van der Waals surface area contributed by atoms with Crippen molar-refractivity contribution in [1.82, 2.24) is 0 Å². The second-order valence-electron chi connectivity index (χ2n) is 8.69. The van der Waals surface area contributed by atoms with Gasteiger partial charge < -0.3 is 9.84 Å². The van der Waals surface area contributed by atoms with Crippen LogP contribution in [0, 0.1) is 29.1 Å². The van der Waals surface area contributed by atoms with Gasteiger partial charge in [-0.1, -0.05) is 37.6 Å². The van der Waals surface area contributed by atoms with Crippen molar-refractivity contribution in [3.05, 3.63) is 23.8 Å². The molecule has 6 atom stereocenters. The second-order valence-corrected chi connectivity index (χ2v) is 8.69. The number of ether oxygens (including phenoxy) is 1. The monoisotopic (exact) mass is 346 g/mol. The van der Waals surface area contributed by atoms with Crippen LogP contribution in [0.2, 0.25) is 0 Å². The number of Topliss-reactive ketones (excluding diaryl/α,β-unsaturated/α-hetero) is 1. The molecule has 0 aromatic heterocycles. The van der Waals surface area contributed by atoms with Crippen molar-refractivity contribution in [2.75, 3.05) is 0 Å². The zero-order valence-corrected chi connectivity index (χ0v) is 15.9. The molecule has 0 aliphatic heterocycles. The lowest BCUT2D eigenvalue weighted by Crippen LogP contribution is -2.45. The van der Waals surface area contributed by atoms with E-state index in [9.17, 15) is 14.7 Å². The maximum Gasteiger partial charge on any atom is 0.302 e. The van der Waals surface area contributed by atoms with Crippen LogP contribution in [0.5, 0.6) is 0 Å². The number of rotatable bonds is 2. The summed E-state index contributed by atoms with van der Waals surface area (Å²) in [5.74, 6) is -0.406. The van der Waals surface area contributed by atoms with E-state index in [4.69, 9.17) is 4.74 Å². The van der Waals surface area contributed by atoms with Gasteiger partial charge in [0.25, 0.3) is 0 Å². The number of hydrogen-bond donors (Lipinski definition) is 1. The Kier molecular flexibility index (Phi) is 4.47. The number of allylic oxidation sites excluding steroid dienone is 3. The second kappa shape index (κ2) is 6.08. The molecule has 0 heterocycles. The Bertz CT molecular complexity index is 646. The molecule has 1 N–H and O–H groups in total. The number of aliphatic hydroxyl groups is 1. The molecule has 3 aliphatic carbocycles. The van der Waals surface area contributed by atoms with Crippen LogP contribution >= 0.6 is 0 Å². The number of fused-ring (bicyclic) bond motifs is 2. The minimum Gasteiger partial charge on any atom is -0.462 e. The molecule has 0 spiro atoms. The van der Waals surface area contributed by atoms with Crippen LogP contribution in [-0.2, 0) is 14.3 Å². The zero-order valence-electron chi connectivity index (χ0n) is 15.9. The quantitative estimate of drug-likeness (QED) is 0.778. The summed E-state index contributed by atoms with van der Waals surface area (Å²) in [7, 11) is 0. The largest absolute Gasteiger partial charge is 0.462 e. The van der Waals surface area contributed by atoms with Gasteiger partial charge in [0.2, 0.25) is 0 Å². The van der Waals surface area contributed by atoms with Crippen molar-refractivity contribution in [1.29, 1.82) is 0 Å². The van der Waals surface area contributed by atoms with Crippen LogP contribution < -0.4 is 0 Å². The lowest BCUT2D eigenvalue weighted by Gasteiger charge is -2.41. The summed E-state index contributed by atoms with van der Waals surface area (Å²) >= 11 is 0. The third kappa shape index (κ3) is 2.69. The fourth-order valence-electron chi connectivity index (χ4n) is 5.55. The summed E-state index contributed by atoms with van der Waals surface area (Å²) in [5, 5.41) is 11.3. The van der Waals surface area contributed by atoms with Gasteiger partial charge in [-0.15, -0.1) is 0 Å². The van der Waals surface area contributed by atoms with Gasteiger partial charge in [-0.3, -0.25) is 9.59 Å². The van der Waals surface area contributed by atoms with Gasteiger partial charge in [0.15, 0.2) is 0 Å². The van der Waals surface area contributed by atoms with Crippen LogP contribution in [0.3, 0.4) is 0 Å². The Labute approximate surface area is 150 Å². The third-order valence-electron chi connectivity index (χ3n) is 7.03. The topological polar surface area (TPSA) is 63.6 Å². The number of esters is 1. The standard InChI is InChI=1S/C21H30O4/c1-12(2)21(24)10-8-15-16(21)11-17(23)20(5)9-6-7-13(3)18(20)19(15)25-14(4)22/h6-7,9,12,15-16,18-19,24H,8,10-11H2,1-5H3/t15?,16-,18+,19-,20+,21-/m1/s1. The minimum absolute atomic E-state index is 0.0157. The SMILES string of the molecule is CC(=O)O[C@@H]1C2CC[C@@](O)(C(C)C)[C@@H]2CC(=O)[C@]2(C)C=CC=C(C)[C@@H]12. The van der Waals surface area contributed by atoms with Crippen molar-refractivity contribution in [3.8, 4) is 0 Å². The summed E-state index contributed by atoms with van der Waals surface area (Å²) < 4.78 is 5.83. The lowest BCUT2D eigenvalue weighted by atomic mass is 9.65. The third-order valence-corrected chi connectivity index (χ3v) is 7.03. The fraction of sp³-hybridized carbons (Fsp3) is 0.714. The molecule has 0 aromatic carbocycles. The van der Waals surface area contributed by atoms with Gasteiger partial charge in [-0.05, 0) is 32.6 Å². The van der Waals surface area contributed by atoms with Crippen LogP contribution in [0.25, 0.3) is 0 Å². The van der Waals surface area contributed by atoms with E-state index < -0.39 is 11.0 Å². The Morgan fingerprint density at radius 3 is 2.68 bits per heavy atom. The van der Waals surface area contributed by atoms with E-state index in [1.165, 1.54) is 6.92 Å². The van der Waals surface area contributed by atoms with E-state index in [1.54, 1.807) is 0 Å².